The number of urea groups is 1. The minimum Gasteiger partial charge on any atom is -0.323 e. The molecule has 2 heterocycles. The van der Waals surface area contributed by atoms with Gasteiger partial charge in [0.25, 0.3) is 0 Å². The van der Waals surface area contributed by atoms with Gasteiger partial charge >= 0.3 is 6.03 Å². The molecule has 0 radical (unpaired) electrons. The van der Waals surface area contributed by atoms with Gasteiger partial charge in [-0.15, -0.1) is 11.3 Å². The number of aryl methyl sites for hydroxylation is 1. The molecule has 1 aliphatic rings. The van der Waals surface area contributed by atoms with Crippen molar-refractivity contribution >= 4 is 40.6 Å². The van der Waals surface area contributed by atoms with E-state index >= 15 is 0 Å². The molecule has 22 heavy (non-hydrogen) atoms. The average Bonchev–Trinajstić information content (AvgIpc) is 3.12. The molecule has 0 spiro atoms. The zero-order valence-corrected chi connectivity index (χ0v) is 14.4. The van der Waals surface area contributed by atoms with Gasteiger partial charge < -0.3 is 4.90 Å². The van der Waals surface area contributed by atoms with E-state index in [0.29, 0.717) is 14.8 Å². The van der Waals surface area contributed by atoms with Crippen LogP contribution in [-0.4, -0.2) is 28.6 Å². The van der Waals surface area contributed by atoms with Crippen molar-refractivity contribution in [2.45, 2.75) is 19.8 Å². The molecule has 0 saturated carbocycles. The fourth-order valence-electron chi connectivity index (χ4n) is 2.45. The Balaban J connectivity index is 2.06. The summed E-state index contributed by atoms with van der Waals surface area (Å²) in [6.07, 6.45) is 4.01. The number of rotatable bonds is 1. The number of amides is 2. The lowest BCUT2D eigenvalue weighted by atomic mass is 10.3. The maximum absolute atomic E-state index is 12.3. The van der Waals surface area contributed by atoms with Gasteiger partial charge in [0.05, 0.1) is 15.7 Å². The van der Waals surface area contributed by atoms with Crippen LogP contribution in [0, 0.1) is 6.92 Å². The molecule has 2 amide bonds. The Labute approximate surface area is 142 Å². The third-order valence-electron chi connectivity index (χ3n) is 3.53. The molecular formula is C15H15Cl2N3OS. The molecule has 2 aromatic rings. The first kappa shape index (κ1) is 15.6. The highest BCUT2D eigenvalue weighted by atomic mass is 35.5. The van der Waals surface area contributed by atoms with Crippen LogP contribution in [0.2, 0.25) is 10.0 Å². The summed E-state index contributed by atoms with van der Waals surface area (Å²) in [6, 6.07) is 5.24. The fourth-order valence-corrected chi connectivity index (χ4v) is 3.65. The molecule has 1 saturated heterocycles. The van der Waals surface area contributed by atoms with Crippen molar-refractivity contribution in [2.75, 3.05) is 13.1 Å². The Morgan fingerprint density at radius 1 is 1.27 bits per heavy atom. The van der Waals surface area contributed by atoms with Crippen LogP contribution in [0.15, 0.2) is 29.4 Å². The van der Waals surface area contributed by atoms with Crippen molar-refractivity contribution in [3.05, 3.63) is 44.1 Å². The highest BCUT2D eigenvalue weighted by Gasteiger charge is 2.18. The lowest BCUT2D eigenvalue weighted by Gasteiger charge is -2.11. The molecule has 1 aromatic carbocycles. The van der Waals surface area contributed by atoms with Crippen molar-refractivity contribution in [3.8, 4) is 5.69 Å². The molecule has 0 unspecified atom stereocenters. The van der Waals surface area contributed by atoms with E-state index in [9.17, 15) is 4.79 Å². The van der Waals surface area contributed by atoms with Crippen LogP contribution < -0.4 is 4.80 Å². The smallest absolute Gasteiger partial charge is 0.323 e. The highest BCUT2D eigenvalue weighted by Crippen LogP contribution is 2.28. The lowest BCUT2D eigenvalue weighted by molar-refractivity contribution is 0.218. The molecule has 3 rings (SSSR count). The third-order valence-corrected chi connectivity index (χ3v) is 5.23. The Morgan fingerprint density at radius 2 is 2.00 bits per heavy atom. The van der Waals surface area contributed by atoms with Crippen LogP contribution in [0.1, 0.15) is 17.7 Å². The summed E-state index contributed by atoms with van der Waals surface area (Å²) in [7, 11) is 0. The maximum Gasteiger partial charge on any atom is 0.346 e. The van der Waals surface area contributed by atoms with E-state index in [0.717, 1.165) is 36.5 Å². The molecule has 116 valence electrons. The Morgan fingerprint density at radius 3 is 2.73 bits per heavy atom. The van der Waals surface area contributed by atoms with Gasteiger partial charge in [0.15, 0.2) is 4.80 Å². The molecule has 0 aliphatic carbocycles. The molecule has 0 atom stereocenters. The largest absolute Gasteiger partial charge is 0.346 e. The molecule has 0 bridgehead atoms. The van der Waals surface area contributed by atoms with Crippen LogP contribution in [-0.2, 0) is 0 Å². The molecule has 1 aromatic heterocycles. The zero-order chi connectivity index (χ0) is 15.7. The SMILES string of the molecule is Cc1cn(-c2cccc(Cl)c2Cl)c(=NC(=O)N2CCCC2)s1. The first-order chi connectivity index (χ1) is 10.6. The minimum atomic E-state index is -0.189. The average molecular weight is 356 g/mol. The van der Waals surface area contributed by atoms with Crippen molar-refractivity contribution in [2.24, 2.45) is 4.99 Å². The number of likely N-dealkylation sites (tertiary alicyclic amines) is 1. The van der Waals surface area contributed by atoms with E-state index in [2.05, 4.69) is 4.99 Å². The Hall–Kier alpha value is -1.30. The number of thiazole rings is 1. The predicted octanol–water partition coefficient (Wildman–Crippen LogP) is 4.27. The van der Waals surface area contributed by atoms with E-state index in [1.807, 2.05) is 29.8 Å². The van der Waals surface area contributed by atoms with Crippen molar-refractivity contribution < 1.29 is 4.79 Å². The number of carbonyl (C=O) groups is 1. The van der Waals surface area contributed by atoms with Crippen LogP contribution >= 0.6 is 34.5 Å². The quantitative estimate of drug-likeness (QED) is 0.752. The van der Waals surface area contributed by atoms with Gasteiger partial charge in [0.2, 0.25) is 0 Å². The Bertz CT molecular complexity index is 775. The summed E-state index contributed by atoms with van der Waals surface area (Å²) in [5.41, 5.74) is 0.728. The molecular weight excluding hydrogens is 341 g/mol. The van der Waals surface area contributed by atoms with Gasteiger partial charge in [0, 0.05) is 24.2 Å². The molecule has 1 aliphatic heterocycles. The van der Waals surface area contributed by atoms with E-state index in [-0.39, 0.29) is 6.03 Å². The van der Waals surface area contributed by atoms with Crippen LogP contribution in [0.25, 0.3) is 5.69 Å². The second-order valence-electron chi connectivity index (χ2n) is 5.16. The maximum atomic E-state index is 12.3. The van der Waals surface area contributed by atoms with Gasteiger partial charge in [-0.05, 0) is 31.9 Å². The minimum absolute atomic E-state index is 0.189. The monoisotopic (exact) mass is 355 g/mol. The summed E-state index contributed by atoms with van der Waals surface area (Å²) < 4.78 is 1.82. The van der Waals surface area contributed by atoms with Gasteiger partial charge in [-0.2, -0.15) is 4.99 Å². The topological polar surface area (TPSA) is 37.6 Å². The van der Waals surface area contributed by atoms with Crippen LogP contribution in [0.3, 0.4) is 0 Å². The number of hydrogen-bond donors (Lipinski definition) is 0. The van der Waals surface area contributed by atoms with E-state index in [4.69, 9.17) is 23.2 Å². The summed E-state index contributed by atoms with van der Waals surface area (Å²) in [6.45, 7) is 3.54. The van der Waals surface area contributed by atoms with E-state index in [1.165, 1.54) is 11.3 Å². The number of benzene rings is 1. The zero-order valence-electron chi connectivity index (χ0n) is 12.1. The van der Waals surface area contributed by atoms with Crippen molar-refractivity contribution in [1.82, 2.24) is 9.47 Å². The van der Waals surface area contributed by atoms with E-state index in [1.54, 1.807) is 11.0 Å². The van der Waals surface area contributed by atoms with Gasteiger partial charge in [-0.1, -0.05) is 29.3 Å². The van der Waals surface area contributed by atoms with E-state index < -0.39 is 0 Å². The predicted molar refractivity (Wildman–Crippen MR) is 90.2 cm³/mol. The second-order valence-corrected chi connectivity index (χ2v) is 7.15. The van der Waals surface area contributed by atoms with Crippen molar-refractivity contribution in [3.63, 3.8) is 0 Å². The number of nitrogens with zero attached hydrogens (tertiary/aromatic N) is 3. The normalized spacial score (nSPS) is 15.6. The summed E-state index contributed by atoms with van der Waals surface area (Å²) in [4.78, 5) is 20.0. The standard InChI is InChI=1S/C15H15Cl2N3OS/c1-10-9-20(12-6-4-5-11(16)13(12)17)15(22-10)18-14(21)19-7-2-3-8-19/h4-6,9H,2-3,7-8H2,1H3. The first-order valence-corrected chi connectivity index (χ1v) is 8.60. The number of halogens is 2. The Kier molecular flexibility index (Phi) is 4.57. The highest BCUT2D eigenvalue weighted by molar-refractivity contribution is 7.09. The number of aromatic nitrogens is 1. The van der Waals surface area contributed by atoms with Gasteiger partial charge in [0.1, 0.15) is 0 Å². The van der Waals surface area contributed by atoms with Crippen LogP contribution in [0.4, 0.5) is 4.79 Å². The number of carbonyl (C=O) groups excluding carboxylic acids is 1. The van der Waals surface area contributed by atoms with Crippen LogP contribution in [0.5, 0.6) is 0 Å². The molecule has 0 N–H and O–H groups in total. The van der Waals surface area contributed by atoms with Gasteiger partial charge in [-0.3, -0.25) is 4.57 Å². The second kappa shape index (κ2) is 6.44. The summed E-state index contributed by atoms with van der Waals surface area (Å²) in [5, 5.41) is 0.935. The molecule has 7 heteroatoms. The van der Waals surface area contributed by atoms with Crippen molar-refractivity contribution in [1.29, 1.82) is 0 Å². The fraction of sp³-hybridized carbons (Fsp3) is 0.333. The summed E-state index contributed by atoms with van der Waals surface area (Å²) in [5.74, 6) is 0. The number of hydrogen-bond acceptors (Lipinski definition) is 2. The lowest BCUT2D eigenvalue weighted by Crippen LogP contribution is -2.27. The third kappa shape index (κ3) is 3.07. The molecule has 4 nitrogen and oxygen atoms in total. The first-order valence-electron chi connectivity index (χ1n) is 7.03. The summed E-state index contributed by atoms with van der Waals surface area (Å²) >= 11 is 13.8. The van der Waals surface area contributed by atoms with Gasteiger partial charge in [-0.25, -0.2) is 4.79 Å². The molecule has 1 fully saturated rings.